The Labute approximate surface area is 122 Å². The molecule has 1 fully saturated rings. The molecule has 1 saturated heterocycles. The fourth-order valence-corrected chi connectivity index (χ4v) is 2.15. The van der Waals surface area contributed by atoms with Gasteiger partial charge in [-0.3, -0.25) is 19.3 Å². The first-order chi connectivity index (χ1) is 9.88. The summed E-state index contributed by atoms with van der Waals surface area (Å²) in [5.74, 6) is -2.18. The average Bonchev–Trinajstić information content (AvgIpc) is 2.42. The molecule has 7 nitrogen and oxygen atoms in total. The van der Waals surface area contributed by atoms with Crippen LogP contribution in [0.4, 0.5) is 11.4 Å². The molecule has 1 aromatic rings. The molecule has 0 spiro atoms. The van der Waals surface area contributed by atoms with Gasteiger partial charge in [0.1, 0.15) is 6.54 Å². The maximum atomic E-state index is 11.9. The number of imide groups is 1. The zero-order valence-electron chi connectivity index (χ0n) is 11.9. The molecular formula is C14H17N3O4. The SMILES string of the molecule is CN(C)c1ccc(N2CC(=O)N(CC(=O)O)C(=O)C2)cc1. The van der Waals surface area contributed by atoms with Gasteiger partial charge in [-0.05, 0) is 24.3 Å². The molecule has 1 aliphatic rings. The third kappa shape index (κ3) is 3.31. The Morgan fingerprint density at radius 3 is 2.10 bits per heavy atom. The lowest BCUT2D eigenvalue weighted by Crippen LogP contribution is -2.55. The number of benzene rings is 1. The largest absolute Gasteiger partial charge is 0.480 e. The summed E-state index contributed by atoms with van der Waals surface area (Å²) >= 11 is 0. The van der Waals surface area contributed by atoms with E-state index >= 15 is 0 Å². The number of hydrogen-bond donors (Lipinski definition) is 1. The van der Waals surface area contributed by atoms with Gasteiger partial charge in [0.2, 0.25) is 11.8 Å². The van der Waals surface area contributed by atoms with E-state index in [4.69, 9.17) is 5.11 Å². The smallest absolute Gasteiger partial charge is 0.323 e. The summed E-state index contributed by atoms with van der Waals surface area (Å²) in [5, 5.41) is 8.70. The number of piperazine rings is 1. The third-order valence-electron chi connectivity index (χ3n) is 3.28. The minimum atomic E-state index is -1.19. The van der Waals surface area contributed by atoms with Gasteiger partial charge in [-0.15, -0.1) is 0 Å². The van der Waals surface area contributed by atoms with Gasteiger partial charge in [0.25, 0.3) is 0 Å². The van der Waals surface area contributed by atoms with E-state index in [0.717, 1.165) is 16.3 Å². The number of anilines is 2. The van der Waals surface area contributed by atoms with Crippen molar-refractivity contribution in [1.82, 2.24) is 4.90 Å². The number of nitrogens with zero attached hydrogens (tertiary/aromatic N) is 3. The molecule has 1 aromatic carbocycles. The van der Waals surface area contributed by atoms with Crippen LogP contribution >= 0.6 is 0 Å². The van der Waals surface area contributed by atoms with Gasteiger partial charge in [-0.2, -0.15) is 0 Å². The highest BCUT2D eigenvalue weighted by atomic mass is 16.4. The number of hydrogen-bond acceptors (Lipinski definition) is 5. The summed E-state index contributed by atoms with van der Waals surface area (Å²) in [6, 6.07) is 7.47. The van der Waals surface area contributed by atoms with Gasteiger partial charge in [0.15, 0.2) is 0 Å². The molecule has 21 heavy (non-hydrogen) atoms. The van der Waals surface area contributed by atoms with Crippen molar-refractivity contribution in [3.05, 3.63) is 24.3 Å². The number of carboxylic acid groups (broad SMARTS) is 1. The molecule has 0 atom stereocenters. The molecule has 1 N–H and O–H groups in total. The lowest BCUT2D eigenvalue weighted by Gasteiger charge is -2.33. The molecule has 1 heterocycles. The summed E-state index contributed by atoms with van der Waals surface area (Å²) in [4.78, 5) is 38.8. The first kappa shape index (κ1) is 14.8. The number of rotatable bonds is 4. The first-order valence-corrected chi connectivity index (χ1v) is 6.46. The van der Waals surface area contributed by atoms with Crippen LogP contribution in [0, 0.1) is 0 Å². The topological polar surface area (TPSA) is 81.2 Å². The summed E-state index contributed by atoms with van der Waals surface area (Å²) in [7, 11) is 3.85. The molecule has 7 heteroatoms. The molecule has 0 radical (unpaired) electrons. The van der Waals surface area contributed by atoms with Crippen molar-refractivity contribution in [3.63, 3.8) is 0 Å². The predicted molar refractivity (Wildman–Crippen MR) is 77.3 cm³/mol. The highest BCUT2D eigenvalue weighted by molar-refractivity contribution is 6.04. The number of carbonyl (C=O) groups excluding carboxylic acids is 2. The number of amides is 2. The predicted octanol–water partition coefficient (Wildman–Crippen LogP) is 0.0124. The summed E-state index contributed by atoms with van der Waals surface area (Å²) in [6.45, 7) is -0.578. The second-order valence-electron chi connectivity index (χ2n) is 5.03. The van der Waals surface area contributed by atoms with Crippen LogP contribution in [-0.2, 0) is 14.4 Å². The fourth-order valence-electron chi connectivity index (χ4n) is 2.15. The minimum Gasteiger partial charge on any atom is -0.480 e. The molecule has 2 amide bonds. The van der Waals surface area contributed by atoms with Crippen LogP contribution in [-0.4, -0.2) is 61.5 Å². The van der Waals surface area contributed by atoms with Crippen LogP contribution in [0.25, 0.3) is 0 Å². The van der Waals surface area contributed by atoms with E-state index in [9.17, 15) is 14.4 Å². The quantitative estimate of drug-likeness (QED) is 0.787. The number of aliphatic carboxylic acids is 1. The van der Waals surface area contributed by atoms with Gasteiger partial charge in [0.05, 0.1) is 13.1 Å². The van der Waals surface area contributed by atoms with Crippen molar-refractivity contribution >= 4 is 29.2 Å². The fraction of sp³-hybridized carbons (Fsp3) is 0.357. The van der Waals surface area contributed by atoms with Crippen LogP contribution in [0.1, 0.15) is 0 Å². The van der Waals surface area contributed by atoms with Crippen molar-refractivity contribution < 1.29 is 19.5 Å². The monoisotopic (exact) mass is 291 g/mol. The Morgan fingerprint density at radius 1 is 1.14 bits per heavy atom. The molecular weight excluding hydrogens is 274 g/mol. The summed E-state index contributed by atoms with van der Waals surface area (Å²) in [6.07, 6.45) is 0. The Balaban J connectivity index is 2.12. The maximum absolute atomic E-state index is 11.9. The normalized spacial score (nSPS) is 15.3. The molecule has 0 aliphatic carbocycles. The highest BCUT2D eigenvalue weighted by Gasteiger charge is 2.32. The van der Waals surface area contributed by atoms with Gasteiger partial charge >= 0.3 is 5.97 Å². The molecule has 0 bridgehead atoms. The van der Waals surface area contributed by atoms with Gasteiger partial charge in [0, 0.05) is 25.5 Å². The van der Waals surface area contributed by atoms with E-state index < -0.39 is 24.3 Å². The molecule has 0 unspecified atom stereocenters. The Bertz CT molecular complexity index is 550. The molecule has 112 valence electrons. The van der Waals surface area contributed by atoms with Gasteiger partial charge in [-0.25, -0.2) is 0 Å². The van der Waals surface area contributed by atoms with Crippen LogP contribution < -0.4 is 9.80 Å². The van der Waals surface area contributed by atoms with Crippen LogP contribution in [0.5, 0.6) is 0 Å². The first-order valence-electron chi connectivity index (χ1n) is 6.46. The zero-order chi connectivity index (χ0) is 15.6. The van der Waals surface area contributed by atoms with Crippen LogP contribution in [0.15, 0.2) is 24.3 Å². The number of carboxylic acids is 1. The molecule has 2 rings (SSSR count). The van der Waals surface area contributed by atoms with Crippen molar-refractivity contribution in [2.24, 2.45) is 0 Å². The van der Waals surface area contributed by atoms with Crippen molar-refractivity contribution in [1.29, 1.82) is 0 Å². The molecule has 0 saturated carbocycles. The van der Waals surface area contributed by atoms with Gasteiger partial charge < -0.3 is 14.9 Å². The second kappa shape index (κ2) is 5.82. The average molecular weight is 291 g/mol. The Hall–Kier alpha value is -2.57. The second-order valence-corrected chi connectivity index (χ2v) is 5.03. The molecule has 1 aliphatic heterocycles. The van der Waals surface area contributed by atoms with Gasteiger partial charge in [-0.1, -0.05) is 0 Å². The lowest BCUT2D eigenvalue weighted by molar-refractivity contribution is -0.153. The summed E-state index contributed by atoms with van der Waals surface area (Å²) < 4.78 is 0. The van der Waals surface area contributed by atoms with E-state index in [-0.39, 0.29) is 13.1 Å². The minimum absolute atomic E-state index is 0.000328. The van der Waals surface area contributed by atoms with Crippen molar-refractivity contribution in [3.8, 4) is 0 Å². The standard InChI is InChI=1S/C14H17N3O4/c1-15(2)10-3-5-11(6-4-10)16-7-12(18)17(9-14(20)21)13(19)8-16/h3-6H,7-9H2,1-2H3,(H,20,21). The summed E-state index contributed by atoms with van der Waals surface area (Å²) in [5.41, 5.74) is 1.78. The van der Waals surface area contributed by atoms with E-state index in [0.29, 0.717) is 0 Å². The maximum Gasteiger partial charge on any atom is 0.323 e. The van der Waals surface area contributed by atoms with E-state index in [2.05, 4.69) is 0 Å². The van der Waals surface area contributed by atoms with E-state index in [1.54, 1.807) is 4.90 Å². The molecule has 0 aromatic heterocycles. The third-order valence-corrected chi connectivity index (χ3v) is 3.28. The number of carbonyl (C=O) groups is 3. The Kier molecular flexibility index (Phi) is 4.11. The van der Waals surface area contributed by atoms with E-state index in [1.165, 1.54) is 0 Å². The highest BCUT2D eigenvalue weighted by Crippen LogP contribution is 2.21. The van der Waals surface area contributed by atoms with E-state index in [1.807, 2.05) is 43.3 Å². The Morgan fingerprint density at radius 2 is 1.67 bits per heavy atom. The van der Waals surface area contributed by atoms with Crippen molar-refractivity contribution in [2.45, 2.75) is 0 Å². The van der Waals surface area contributed by atoms with Crippen LogP contribution in [0.2, 0.25) is 0 Å². The zero-order valence-corrected chi connectivity index (χ0v) is 11.9. The lowest BCUT2D eigenvalue weighted by atomic mass is 10.2. The van der Waals surface area contributed by atoms with Crippen LogP contribution in [0.3, 0.4) is 0 Å². The van der Waals surface area contributed by atoms with Crippen molar-refractivity contribution in [2.75, 3.05) is 43.5 Å².